The normalized spacial score (nSPS) is 17.5. The van der Waals surface area contributed by atoms with Crippen molar-refractivity contribution in [2.75, 3.05) is 24.9 Å². The lowest BCUT2D eigenvalue weighted by Gasteiger charge is -2.23. The molecule has 1 aliphatic rings. The summed E-state index contributed by atoms with van der Waals surface area (Å²) in [6, 6.07) is 9.85. The zero-order chi connectivity index (χ0) is 20.8. The summed E-state index contributed by atoms with van der Waals surface area (Å²) in [6.07, 6.45) is 6.25. The lowest BCUT2D eigenvalue weighted by Crippen LogP contribution is -2.23. The van der Waals surface area contributed by atoms with Gasteiger partial charge in [-0.2, -0.15) is 5.12 Å². The van der Waals surface area contributed by atoms with Crippen LogP contribution in [0.2, 0.25) is 0 Å². The Morgan fingerprint density at radius 1 is 1.17 bits per heavy atom. The van der Waals surface area contributed by atoms with E-state index in [2.05, 4.69) is 4.98 Å². The van der Waals surface area contributed by atoms with Gasteiger partial charge >= 0.3 is 0 Å². The first-order valence-corrected chi connectivity index (χ1v) is 9.77. The van der Waals surface area contributed by atoms with E-state index in [9.17, 15) is 8.87 Å². The van der Waals surface area contributed by atoms with Gasteiger partial charge in [-0.1, -0.05) is 16.6 Å². The van der Waals surface area contributed by atoms with Crippen LogP contribution in [0.5, 0.6) is 0 Å². The number of aromatic nitrogens is 1. The van der Waals surface area contributed by atoms with Gasteiger partial charge in [-0.25, -0.2) is 4.39 Å². The second-order valence-electron chi connectivity index (χ2n) is 7.45. The molecule has 4 nitrogen and oxygen atoms in total. The lowest BCUT2D eigenvalue weighted by molar-refractivity contribution is 0.181. The molecule has 29 heavy (non-hydrogen) atoms. The van der Waals surface area contributed by atoms with Gasteiger partial charge < -0.3 is 9.64 Å². The average Bonchev–Trinajstić information content (AvgIpc) is 3.21. The number of allylic oxidation sites excluding steroid dienone is 2. The van der Waals surface area contributed by atoms with Gasteiger partial charge in [-0.3, -0.25) is 4.98 Å². The van der Waals surface area contributed by atoms with Gasteiger partial charge in [0.25, 0.3) is 0 Å². The quantitative estimate of drug-likeness (QED) is 0.577. The highest BCUT2D eigenvalue weighted by atomic mass is 19.2. The van der Waals surface area contributed by atoms with Crippen molar-refractivity contribution in [1.29, 1.82) is 0 Å². The van der Waals surface area contributed by atoms with Crippen molar-refractivity contribution in [3.63, 3.8) is 0 Å². The van der Waals surface area contributed by atoms with Crippen molar-refractivity contribution in [2.45, 2.75) is 27.2 Å². The largest absolute Gasteiger partial charge is 0.381 e. The maximum atomic E-state index is 14.9. The Balaban J connectivity index is 1.83. The summed E-state index contributed by atoms with van der Waals surface area (Å²) in [4.78, 5) is 6.15. The summed E-state index contributed by atoms with van der Waals surface area (Å²) in [6.45, 7) is 7.73. The molecule has 2 heterocycles. The third kappa shape index (κ3) is 5.87. The molecule has 6 heteroatoms. The molecule has 0 spiro atoms. The summed E-state index contributed by atoms with van der Waals surface area (Å²) < 4.78 is 33.6. The first kappa shape index (κ1) is 21.0. The number of hydrogen-bond donors (Lipinski definition) is 0. The van der Waals surface area contributed by atoms with Crippen LogP contribution in [-0.2, 0) is 4.74 Å². The van der Waals surface area contributed by atoms with E-state index in [4.69, 9.17) is 4.74 Å². The van der Waals surface area contributed by atoms with Crippen molar-refractivity contribution in [3.05, 3.63) is 77.8 Å². The van der Waals surface area contributed by atoms with Crippen LogP contribution in [0.1, 0.15) is 31.5 Å². The summed E-state index contributed by atoms with van der Waals surface area (Å²) in [5.41, 5.74) is 3.55. The fourth-order valence-corrected chi connectivity index (χ4v) is 3.27. The van der Waals surface area contributed by atoms with Crippen LogP contribution in [0.15, 0.2) is 60.7 Å². The molecule has 0 amide bonds. The average molecular weight is 399 g/mol. The molecule has 1 saturated heterocycles. The number of anilines is 1. The third-order valence-corrected chi connectivity index (χ3v) is 4.94. The molecule has 2 aromatic rings. The molecule has 0 N–H and O–H groups in total. The smallest absolute Gasteiger partial charge is 0.123 e. The van der Waals surface area contributed by atoms with Gasteiger partial charge in [0, 0.05) is 37.2 Å². The maximum absolute atomic E-state index is 14.9. The van der Waals surface area contributed by atoms with Gasteiger partial charge in [0.2, 0.25) is 0 Å². The zero-order valence-electron chi connectivity index (χ0n) is 17.1. The summed E-state index contributed by atoms with van der Waals surface area (Å²) in [5, 5.41) is 0.631. The molecule has 0 bridgehead atoms. The SMILES string of the molecule is C/C(=C\N(/C=C(\C)N(F)c1ccc(C)nc1)CC1CCOC1)c1ccc(F)cc1. The molecular formula is C23H27F2N3O. The van der Waals surface area contributed by atoms with Crippen molar-refractivity contribution < 1.29 is 13.6 Å². The van der Waals surface area contributed by atoms with Crippen LogP contribution in [0.3, 0.4) is 0 Å². The van der Waals surface area contributed by atoms with Crippen molar-refractivity contribution >= 4 is 11.3 Å². The Kier molecular flexibility index (Phi) is 6.99. The van der Waals surface area contributed by atoms with E-state index < -0.39 is 0 Å². The van der Waals surface area contributed by atoms with Crippen LogP contribution in [0.4, 0.5) is 14.6 Å². The van der Waals surface area contributed by atoms with Gasteiger partial charge in [0.05, 0.1) is 24.2 Å². The monoisotopic (exact) mass is 399 g/mol. The fraction of sp³-hybridized carbons (Fsp3) is 0.348. The Hall–Kier alpha value is -2.73. The first-order chi connectivity index (χ1) is 13.9. The summed E-state index contributed by atoms with van der Waals surface area (Å²) >= 11 is 0. The number of nitrogens with zero attached hydrogens (tertiary/aromatic N) is 3. The first-order valence-electron chi connectivity index (χ1n) is 9.77. The Labute approximate surface area is 171 Å². The molecule has 1 atom stereocenters. The number of ether oxygens (including phenoxy) is 1. The van der Waals surface area contributed by atoms with E-state index in [1.54, 1.807) is 37.4 Å². The van der Waals surface area contributed by atoms with Gasteiger partial charge in [0.15, 0.2) is 0 Å². The van der Waals surface area contributed by atoms with Gasteiger partial charge in [-0.05, 0) is 62.6 Å². The summed E-state index contributed by atoms with van der Waals surface area (Å²) in [5.74, 6) is 0.113. The van der Waals surface area contributed by atoms with E-state index in [0.29, 0.717) is 29.0 Å². The molecule has 1 unspecified atom stereocenters. The lowest BCUT2D eigenvalue weighted by atomic mass is 10.1. The topological polar surface area (TPSA) is 28.6 Å². The molecule has 1 fully saturated rings. The number of hydrogen-bond acceptors (Lipinski definition) is 4. The number of halogens is 2. The molecular weight excluding hydrogens is 372 g/mol. The zero-order valence-corrected chi connectivity index (χ0v) is 17.1. The fourth-order valence-electron chi connectivity index (χ4n) is 3.27. The van der Waals surface area contributed by atoms with Crippen LogP contribution < -0.4 is 5.12 Å². The second kappa shape index (κ2) is 9.65. The number of pyridine rings is 1. The number of rotatable bonds is 7. The highest BCUT2D eigenvalue weighted by Crippen LogP contribution is 2.22. The minimum Gasteiger partial charge on any atom is -0.381 e. The van der Waals surface area contributed by atoms with Gasteiger partial charge in [-0.15, -0.1) is 0 Å². The standard InChI is InChI=1S/C23H27F2N3O/c1-17(21-5-7-22(24)8-6-21)13-27(15-20-10-11-29-16-20)14-19(3)28(25)23-9-4-18(2)26-12-23/h4-9,12-14,20H,10-11,15-16H2,1-3H3/b17-13+,19-14+. The van der Waals surface area contributed by atoms with E-state index in [1.807, 2.05) is 24.9 Å². The predicted molar refractivity (Wildman–Crippen MR) is 112 cm³/mol. The van der Waals surface area contributed by atoms with E-state index in [1.165, 1.54) is 18.3 Å². The van der Waals surface area contributed by atoms with Crippen LogP contribution in [0.25, 0.3) is 5.57 Å². The van der Waals surface area contributed by atoms with Crippen molar-refractivity contribution in [3.8, 4) is 0 Å². The molecule has 1 aromatic carbocycles. The Morgan fingerprint density at radius 2 is 1.93 bits per heavy atom. The number of aryl methyl sites for hydroxylation is 1. The Morgan fingerprint density at radius 3 is 2.55 bits per heavy atom. The maximum Gasteiger partial charge on any atom is 0.123 e. The van der Waals surface area contributed by atoms with E-state index >= 15 is 0 Å². The Bertz CT molecular complexity index is 857. The van der Waals surface area contributed by atoms with E-state index in [-0.39, 0.29) is 5.82 Å². The minimum atomic E-state index is -0.267. The van der Waals surface area contributed by atoms with Gasteiger partial charge in [0.1, 0.15) is 5.82 Å². The molecule has 0 saturated carbocycles. The second-order valence-corrected chi connectivity index (χ2v) is 7.45. The minimum absolute atomic E-state index is 0.267. The van der Waals surface area contributed by atoms with Crippen LogP contribution in [-0.4, -0.2) is 29.6 Å². The van der Waals surface area contributed by atoms with Crippen LogP contribution in [0, 0.1) is 18.7 Å². The van der Waals surface area contributed by atoms with Crippen molar-refractivity contribution in [2.24, 2.45) is 5.92 Å². The highest BCUT2D eigenvalue weighted by Gasteiger charge is 2.18. The molecule has 1 aliphatic heterocycles. The molecule has 0 aliphatic carbocycles. The summed E-state index contributed by atoms with van der Waals surface area (Å²) in [7, 11) is 0. The predicted octanol–water partition coefficient (Wildman–Crippen LogP) is 5.48. The van der Waals surface area contributed by atoms with Crippen molar-refractivity contribution in [1.82, 2.24) is 9.88 Å². The van der Waals surface area contributed by atoms with E-state index in [0.717, 1.165) is 36.4 Å². The third-order valence-electron chi connectivity index (χ3n) is 4.94. The highest BCUT2D eigenvalue weighted by molar-refractivity contribution is 5.63. The molecule has 154 valence electrons. The molecule has 3 rings (SSSR count). The van der Waals surface area contributed by atoms with Crippen LogP contribution >= 0.6 is 0 Å². The number of benzene rings is 1. The molecule has 0 radical (unpaired) electrons. The molecule has 1 aromatic heterocycles.